The van der Waals surface area contributed by atoms with Crippen molar-refractivity contribution in [2.45, 2.75) is 23.9 Å². The minimum absolute atomic E-state index is 0.122. The number of allylic oxidation sites excluding steroid dienone is 1. The lowest BCUT2D eigenvalue weighted by Gasteiger charge is -2.13. The van der Waals surface area contributed by atoms with Crippen molar-refractivity contribution in [3.8, 4) is 11.5 Å². The van der Waals surface area contributed by atoms with Crippen molar-refractivity contribution >= 4 is 22.7 Å². The fourth-order valence-electron chi connectivity index (χ4n) is 2.84. The van der Waals surface area contributed by atoms with Crippen LogP contribution in [0.15, 0.2) is 75.6 Å². The predicted molar refractivity (Wildman–Crippen MR) is 110 cm³/mol. The normalized spacial score (nSPS) is 12.2. The van der Waals surface area contributed by atoms with Crippen molar-refractivity contribution < 1.29 is 8.81 Å². The Morgan fingerprint density at radius 3 is 2.72 bits per heavy atom. The second kappa shape index (κ2) is 8.00. The van der Waals surface area contributed by atoms with Crippen LogP contribution < -0.4 is 5.56 Å². The van der Waals surface area contributed by atoms with Crippen LogP contribution in [0.3, 0.4) is 0 Å². The third kappa shape index (κ3) is 3.84. The lowest BCUT2D eigenvalue weighted by atomic mass is 10.2. The summed E-state index contributed by atoms with van der Waals surface area (Å²) in [5.41, 5.74) is 1.14. The zero-order valence-corrected chi connectivity index (χ0v) is 16.4. The summed E-state index contributed by atoms with van der Waals surface area (Å²) in [4.78, 5) is 17.5. The molecule has 0 saturated carbocycles. The van der Waals surface area contributed by atoms with Crippen molar-refractivity contribution in [3.05, 3.63) is 83.2 Å². The second-order valence-corrected chi connectivity index (χ2v) is 7.64. The fourth-order valence-corrected chi connectivity index (χ4v) is 3.79. The maximum Gasteiger partial charge on any atom is 0.262 e. The molecule has 0 unspecified atom stereocenters. The van der Waals surface area contributed by atoms with E-state index in [-0.39, 0.29) is 16.6 Å². The fraction of sp³-hybridized carbons (Fsp3) is 0.143. The molecule has 0 fully saturated rings. The molecular weight excluding hydrogens is 391 g/mol. The summed E-state index contributed by atoms with van der Waals surface area (Å²) >= 11 is 1.35. The first-order chi connectivity index (χ1) is 14.1. The van der Waals surface area contributed by atoms with Crippen molar-refractivity contribution in [3.63, 3.8) is 0 Å². The van der Waals surface area contributed by atoms with Gasteiger partial charge in [-0.15, -0.1) is 16.8 Å². The van der Waals surface area contributed by atoms with Gasteiger partial charge in [-0.3, -0.25) is 9.36 Å². The van der Waals surface area contributed by atoms with Gasteiger partial charge in [0.25, 0.3) is 5.56 Å². The van der Waals surface area contributed by atoms with Crippen LogP contribution in [-0.2, 0) is 6.54 Å². The molecule has 2 aromatic heterocycles. The first-order valence-electron chi connectivity index (χ1n) is 8.93. The highest BCUT2D eigenvalue weighted by Gasteiger charge is 2.20. The van der Waals surface area contributed by atoms with Gasteiger partial charge in [0.2, 0.25) is 11.8 Å². The monoisotopic (exact) mass is 408 g/mol. The molecule has 0 amide bonds. The summed E-state index contributed by atoms with van der Waals surface area (Å²) in [6, 6.07) is 13.1. The van der Waals surface area contributed by atoms with Gasteiger partial charge in [0.15, 0.2) is 5.16 Å². The van der Waals surface area contributed by atoms with E-state index in [1.54, 1.807) is 28.8 Å². The molecule has 0 saturated heterocycles. The van der Waals surface area contributed by atoms with Gasteiger partial charge in [-0.25, -0.2) is 9.37 Å². The molecule has 0 N–H and O–H groups in total. The molecular formula is C21H17FN4O2S. The van der Waals surface area contributed by atoms with E-state index in [0.29, 0.717) is 39.9 Å². The van der Waals surface area contributed by atoms with Crippen molar-refractivity contribution in [2.75, 3.05) is 0 Å². The van der Waals surface area contributed by atoms with Gasteiger partial charge in [-0.05, 0) is 43.3 Å². The Morgan fingerprint density at radius 1 is 1.21 bits per heavy atom. The van der Waals surface area contributed by atoms with Crippen LogP contribution >= 0.6 is 11.8 Å². The minimum Gasteiger partial charge on any atom is -0.419 e. The molecule has 0 aliphatic carbocycles. The number of thioether (sulfide) groups is 1. The van der Waals surface area contributed by atoms with Crippen molar-refractivity contribution in [1.29, 1.82) is 0 Å². The first-order valence-corrected chi connectivity index (χ1v) is 9.81. The minimum atomic E-state index is -0.333. The van der Waals surface area contributed by atoms with E-state index in [1.807, 2.05) is 25.1 Å². The van der Waals surface area contributed by atoms with Crippen molar-refractivity contribution in [2.24, 2.45) is 0 Å². The van der Waals surface area contributed by atoms with Crippen LogP contribution in [0.25, 0.3) is 22.4 Å². The third-order valence-electron chi connectivity index (χ3n) is 4.30. The van der Waals surface area contributed by atoms with Gasteiger partial charge in [-0.2, -0.15) is 0 Å². The average molecular weight is 408 g/mol. The molecule has 0 spiro atoms. The summed E-state index contributed by atoms with van der Waals surface area (Å²) < 4.78 is 20.4. The van der Waals surface area contributed by atoms with E-state index in [4.69, 9.17) is 4.42 Å². The largest absolute Gasteiger partial charge is 0.419 e. The van der Waals surface area contributed by atoms with E-state index in [0.717, 1.165) is 0 Å². The van der Waals surface area contributed by atoms with Gasteiger partial charge in [-0.1, -0.05) is 30.0 Å². The van der Waals surface area contributed by atoms with Gasteiger partial charge in [0.05, 0.1) is 16.2 Å². The highest BCUT2D eigenvalue weighted by molar-refractivity contribution is 7.99. The van der Waals surface area contributed by atoms with Gasteiger partial charge >= 0.3 is 0 Å². The maximum atomic E-state index is 13.1. The number of fused-ring (bicyclic) bond motifs is 1. The van der Waals surface area contributed by atoms with Crippen LogP contribution in [-0.4, -0.2) is 19.7 Å². The number of nitrogens with zero attached hydrogens (tertiary/aromatic N) is 4. The molecule has 1 atom stereocenters. The van der Waals surface area contributed by atoms with E-state index in [2.05, 4.69) is 21.8 Å². The standard InChI is InChI=1S/C21H17FN4O2S/c1-3-12-26-20(27)16-6-4-5-7-17(16)23-21(26)29-13(2)18-24-25-19(28-18)14-8-10-15(22)11-9-14/h3-11,13H,1,12H2,2H3/t13-/m0/s1. The molecule has 4 rings (SSSR count). The molecule has 0 bridgehead atoms. The SMILES string of the molecule is C=CCn1c(S[C@@H](C)c2nnc(-c3ccc(F)cc3)o2)nc2ccccc2c1=O. The van der Waals surface area contributed by atoms with Crippen LogP contribution in [0, 0.1) is 5.82 Å². The van der Waals surface area contributed by atoms with Crippen LogP contribution in [0.1, 0.15) is 18.1 Å². The molecule has 6 nitrogen and oxygen atoms in total. The van der Waals surface area contributed by atoms with Gasteiger partial charge in [0, 0.05) is 12.1 Å². The molecule has 146 valence electrons. The summed E-state index contributed by atoms with van der Waals surface area (Å²) in [7, 11) is 0. The molecule has 4 aromatic rings. The summed E-state index contributed by atoms with van der Waals surface area (Å²) in [5.74, 6) is 0.365. The molecule has 8 heteroatoms. The highest BCUT2D eigenvalue weighted by Crippen LogP contribution is 2.34. The number of hydrogen-bond acceptors (Lipinski definition) is 6. The second-order valence-electron chi connectivity index (χ2n) is 6.33. The Hall–Kier alpha value is -3.26. The summed E-state index contributed by atoms with van der Waals surface area (Å²) in [5, 5.41) is 9.01. The number of halogens is 1. The highest BCUT2D eigenvalue weighted by atomic mass is 32.2. The van der Waals surface area contributed by atoms with E-state index in [1.165, 1.54) is 23.9 Å². The molecule has 29 heavy (non-hydrogen) atoms. The van der Waals surface area contributed by atoms with Crippen LogP contribution in [0.2, 0.25) is 0 Å². The van der Waals surface area contributed by atoms with Crippen LogP contribution in [0.5, 0.6) is 0 Å². The Morgan fingerprint density at radius 2 is 1.97 bits per heavy atom. The number of aromatic nitrogens is 4. The number of hydrogen-bond donors (Lipinski definition) is 0. The Labute approximate surface area is 170 Å². The maximum absolute atomic E-state index is 13.1. The Bertz CT molecular complexity index is 1230. The molecule has 2 aromatic carbocycles. The molecule has 2 heterocycles. The number of para-hydroxylation sites is 1. The molecule has 0 aliphatic rings. The number of benzene rings is 2. The topological polar surface area (TPSA) is 73.8 Å². The van der Waals surface area contributed by atoms with E-state index >= 15 is 0 Å². The average Bonchev–Trinajstić information content (AvgIpc) is 3.22. The Balaban J connectivity index is 1.66. The smallest absolute Gasteiger partial charge is 0.262 e. The molecule has 0 aliphatic heterocycles. The lowest BCUT2D eigenvalue weighted by molar-refractivity contribution is 0.508. The summed E-state index contributed by atoms with van der Waals surface area (Å²) in [6.07, 6.45) is 1.66. The number of rotatable bonds is 6. The zero-order chi connectivity index (χ0) is 20.4. The Kier molecular flexibility index (Phi) is 5.26. The quantitative estimate of drug-likeness (QED) is 0.263. The van der Waals surface area contributed by atoms with E-state index < -0.39 is 0 Å². The predicted octanol–water partition coefficient (Wildman–Crippen LogP) is 4.62. The molecule has 0 radical (unpaired) electrons. The lowest BCUT2D eigenvalue weighted by Crippen LogP contribution is -2.23. The zero-order valence-electron chi connectivity index (χ0n) is 15.6. The van der Waals surface area contributed by atoms with Crippen LogP contribution in [0.4, 0.5) is 4.39 Å². The van der Waals surface area contributed by atoms with Gasteiger partial charge < -0.3 is 4.42 Å². The van der Waals surface area contributed by atoms with Gasteiger partial charge in [0.1, 0.15) is 5.82 Å². The van der Waals surface area contributed by atoms with Crippen molar-refractivity contribution in [1.82, 2.24) is 19.7 Å². The van der Waals surface area contributed by atoms with E-state index in [9.17, 15) is 9.18 Å². The summed E-state index contributed by atoms with van der Waals surface area (Å²) in [6.45, 7) is 5.97. The first kappa shape index (κ1) is 19.1. The third-order valence-corrected chi connectivity index (χ3v) is 5.38.